The Kier molecular flexibility index (Phi) is 3.64. The van der Waals surface area contributed by atoms with Gasteiger partial charge in [0.1, 0.15) is 0 Å². The molecule has 2 N–H and O–H groups in total. The summed E-state index contributed by atoms with van der Waals surface area (Å²) >= 11 is 0. The molecule has 1 saturated carbocycles. The lowest BCUT2D eigenvalue weighted by Gasteiger charge is -2.28. The lowest BCUT2D eigenvalue weighted by molar-refractivity contribution is 0.0965. The number of carbonyl (C=O) groups is 1. The molecule has 0 unspecified atom stereocenters. The molecule has 0 amide bonds. The highest BCUT2D eigenvalue weighted by molar-refractivity contribution is 6.00. The highest BCUT2D eigenvalue weighted by Crippen LogP contribution is 2.35. The summed E-state index contributed by atoms with van der Waals surface area (Å²) in [4.78, 5) is 11.7. The number of hydrogen-bond donors (Lipinski definition) is 1. The van der Waals surface area contributed by atoms with Gasteiger partial charge in [-0.1, -0.05) is 6.07 Å². The molecule has 4 heteroatoms. The second-order valence-electron chi connectivity index (χ2n) is 4.14. The Hall–Kier alpha value is -1.55. The van der Waals surface area contributed by atoms with Gasteiger partial charge in [-0.3, -0.25) is 4.79 Å². The van der Waals surface area contributed by atoms with Gasteiger partial charge in [0.15, 0.2) is 17.3 Å². The number of Topliss-reactive ketones (excluding diaryl/α,β-unsaturated/α-hetero) is 1. The minimum Gasteiger partial charge on any atom is -0.493 e. The van der Waals surface area contributed by atoms with Crippen LogP contribution in [-0.2, 0) is 0 Å². The Labute approximate surface area is 101 Å². The average Bonchev–Trinajstić information content (AvgIpc) is 2.32. The molecule has 0 aromatic heterocycles. The second-order valence-corrected chi connectivity index (χ2v) is 4.14. The van der Waals surface area contributed by atoms with Gasteiger partial charge in [-0.05, 0) is 31.4 Å². The summed E-state index contributed by atoms with van der Waals surface area (Å²) in [5, 5.41) is 0. The molecule has 0 saturated heterocycles. The van der Waals surface area contributed by atoms with E-state index in [4.69, 9.17) is 15.2 Å². The summed E-state index contributed by atoms with van der Waals surface area (Å²) in [6.07, 6.45) is 3.46. The molecule has 1 aliphatic rings. The van der Waals surface area contributed by atoms with Gasteiger partial charge >= 0.3 is 0 Å². The zero-order chi connectivity index (χ0) is 12.3. The number of carbonyl (C=O) groups excluding carboxylic acids is 1. The van der Waals surface area contributed by atoms with E-state index in [0.717, 1.165) is 12.8 Å². The largest absolute Gasteiger partial charge is 0.493 e. The summed E-state index contributed by atoms with van der Waals surface area (Å²) in [5.41, 5.74) is 5.91. The van der Waals surface area contributed by atoms with Crippen molar-refractivity contribution < 1.29 is 14.3 Å². The van der Waals surface area contributed by atoms with E-state index in [1.165, 1.54) is 6.42 Å². The van der Waals surface area contributed by atoms with Crippen LogP contribution in [0.15, 0.2) is 18.2 Å². The third kappa shape index (κ3) is 2.42. The molecule has 1 fully saturated rings. The van der Waals surface area contributed by atoms with E-state index in [1.807, 2.05) is 0 Å². The van der Waals surface area contributed by atoms with Crippen LogP contribution in [0.1, 0.15) is 29.6 Å². The van der Waals surface area contributed by atoms with E-state index in [2.05, 4.69) is 0 Å². The molecule has 1 aliphatic carbocycles. The van der Waals surface area contributed by atoms with E-state index in [-0.39, 0.29) is 18.4 Å². The normalized spacial score (nSPS) is 15.2. The highest BCUT2D eigenvalue weighted by atomic mass is 16.5. The molecule has 1 aromatic rings. The maximum Gasteiger partial charge on any atom is 0.180 e. The van der Waals surface area contributed by atoms with Crippen LogP contribution in [0.4, 0.5) is 0 Å². The smallest absolute Gasteiger partial charge is 0.180 e. The molecule has 0 bridgehead atoms. The maximum atomic E-state index is 11.7. The fourth-order valence-corrected chi connectivity index (χ4v) is 1.78. The summed E-state index contributed by atoms with van der Waals surface area (Å²) in [6.45, 7) is -0.0196. The van der Waals surface area contributed by atoms with Crippen molar-refractivity contribution >= 4 is 5.78 Å². The summed E-state index contributed by atoms with van der Waals surface area (Å²) < 4.78 is 11.1. The minimum atomic E-state index is -0.127. The first-order valence-electron chi connectivity index (χ1n) is 5.83. The Morgan fingerprint density at radius 2 is 2.24 bits per heavy atom. The Morgan fingerprint density at radius 3 is 2.76 bits per heavy atom. The topological polar surface area (TPSA) is 61.5 Å². The summed E-state index contributed by atoms with van der Waals surface area (Å²) in [7, 11) is 1.57. The Bertz CT molecular complexity index is 413. The zero-order valence-electron chi connectivity index (χ0n) is 9.94. The number of nitrogens with two attached hydrogens (primary N) is 1. The fourth-order valence-electron chi connectivity index (χ4n) is 1.78. The van der Waals surface area contributed by atoms with Gasteiger partial charge < -0.3 is 15.2 Å². The monoisotopic (exact) mass is 235 g/mol. The van der Waals surface area contributed by atoms with Crippen LogP contribution in [0.3, 0.4) is 0 Å². The van der Waals surface area contributed by atoms with Crippen LogP contribution in [0, 0.1) is 0 Å². The molecule has 4 nitrogen and oxygen atoms in total. The van der Waals surface area contributed by atoms with Gasteiger partial charge in [0, 0.05) is 0 Å². The van der Waals surface area contributed by atoms with Crippen molar-refractivity contribution in [2.75, 3.05) is 13.7 Å². The van der Waals surface area contributed by atoms with Crippen LogP contribution < -0.4 is 15.2 Å². The van der Waals surface area contributed by atoms with Gasteiger partial charge in [0.25, 0.3) is 0 Å². The molecule has 0 atom stereocenters. The quantitative estimate of drug-likeness (QED) is 0.790. The van der Waals surface area contributed by atoms with Crippen molar-refractivity contribution in [3.8, 4) is 11.5 Å². The number of methoxy groups -OCH3 is 1. The van der Waals surface area contributed by atoms with Crippen molar-refractivity contribution in [1.82, 2.24) is 0 Å². The molecule has 92 valence electrons. The second kappa shape index (κ2) is 5.19. The SMILES string of the molecule is COc1cccc(C(=O)CN)c1OC1CCC1. The van der Waals surface area contributed by atoms with Gasteiger partial charge in [0.05, 0.1) is 25.3 Å². The summed E-state index contributed by atoms with van der Waals surface area (Å²) in [5.74, 6) is 1.00. The van der Waals surface area contributed by atoms with Gasteiger partial charge in [-0.25, -0.2) is 0 Å². The first-order chi connectivity index (χ1) is 8.26. The number of rotatable bonds is 5. The first kappa shape index (κ1) is 11.9. The highest BCUT2D eigenvalue weighted by Gasteiger charge is 2.24. The predicted molar refractivity (Wildman–Crippen MR) is 64.6 cm³/mol. The molecule has 0 radical (unpaired) electrons. The Morgan fingerprint density at radius 1 is 1.47 bits per heavy atom. The third-order valence-electron chi connectivity index (χ3n) is 3.02. The molecular formula is C13H17NO3. The van der Waals surface area contributed by atoms with Crippen molar-refractivity contribution in [2.45, 2.75) is 25.4 Å². The van der Waals surface area contributed by atoms with E-state index in [0.29, 0.717) is 17.1 Å². The van der Waals surface area contributed by atoms with Gasteiger partial charge in [-0.15, -0.1) is 0 Å². The average molecular weight is 235 g/mol. The molecule has 1 aromatic carbocycles. The van der Waals surface area contributed by atoms with E-state index < -0.39 is 0 Å². The van der Waals surface area contributed by atoms with Gasteiger partial charge in [-0.2, -0.15) is 0 Å². The van der Waals surface area contributed by atoms with Crippen LogP contribution >= 0.6 is 0 Å². The van der Waals surface area contributed by atoms with Crippen LogP contribution in [0.25, 0.3) is 0 Å². The molecular weight excluding hydrogens is 218 g/mol. The van der Waals surface area contributed by atoms with Crippen molar-refractivity contribution in [3.05, 3.63) is 23.8 Å². The lowest BCUT2D eigenvalue weighted by Crippen LogP contribution is -2.26. The van der Waals surface area contributed by atoms with Crippen molar-refractivity contribution in [2.24, 2.45) is 5.73 Å². The minimum absolute atomic E-state index is 0.0196. The number of benzene rings is 1. The molecule has 0 spiro atoms. The number of para-hydroxylation sites is 1. The van der Waals surface area contributed by atoms with Crippen molar-refractivity contribution in [3.63, 3.8) is 0 Å². The zero-order valence-corrected chi connectivity index (χ0v) is 9.94. The molecule has 0 heterocycles. The van der Waals surface area contributed by atoms with Crippen LogP contribution in [0.5, 0.6) is 11.5 Å². The predicted octanol–water partition coefficient (Wildman–Crippen LogP) is 1.77. The van der Waals surface area contributed by atoms with Crippen LogP contribution in [0.2, 0.25) is 0 Å². The van der Waals surface area contributed by atoms with Crippen LogP contribution in [-0.4, -0.2) is 25.5 Å². The lowest BCUT2D eigenvalue weighted by atomic mass is 9.96. The maximum absolute atomic E-state index is 11.7. The molecule has 2 rings (SSSR count). The number of ether oxygens (including phenoxy) is 2. The summed E-state index contributed by atoms with van der Waals surface area (Å²) in [6, 6.07) is 5.29. The number of ketones is 1. The van der Waals surface area contributed by atoms with Crippen molar-refractivity contribution in [1.29, 1.82) is 0 Å². The molecule has 17 heavy (non-hydrogen) atoms. The Balaban J connectivity index is 2.32. The van der Waals surface area contributed by atoms with E-state index in [1.54, 1.807) is 25.3 Å². The standard InChI is InChI=1S/C13H17NO3/c1-16-12-7-3-6-10(11(15)8-14)13(12)17-9-4-2-5-9/h3,6-7,9H,2,4-5,8,14H2,1H3. The molecule has 0 aliphatic heterocycles. The van der Waals surface area contributed by atoms with Gasteiger partial charge in [0.2, 0.25) is 0 Å². The van der Waals surface area contributed by atoms with E-state index in [9.17, 15) is 4.79 Å². The third-order valence-corrected chi connectivity index (χ3v) is 3.02. The first-order valence-corrected chi connectivity index (χ1v) is 5.83. The van der Waals surface area contributed by atoms with E-state index >= 15 is 0 Å². The fraction of sp³-hybridized carbons (Fsp3) is 0.462. The number of hydrogen-bond acceptors (Lipinski definition) is 4.